The molecule has 1 aromatic carbocycles. The van der Waals surface area contributed by atoms with E-state index >= 15 is 0 Å². The fourth-order valence-corrected chi connectivity index (χ4v) is 4.27. The lowest BCUT2D eigenvalue weighted by molar-refractivity contribution is -0.117. The van der Waals surface area contributed by atoms with Crippen molar-refractivity contribution in [3.63, 3.8) is 0 Å². The van der Waals surface area contributed by atoms with Gasteiger partial charge in [0.2, 0.25) is 0 Å². The number of thiophene rings is 1. The van der Waals surface area contributed by atoms with Gasteiger partial charge in [-0.05, 0) is 60.6 Å². The number of fused-ring (bicyclic) bond motifs is 1. The SMILES string of the molecule is COc1ccc(C=CC(=O)NNC(=O)c2cc3c(s2)CCC(C)C3)cc1OC. The molecule has 7 heteroatoms. The molecule has 0 saturated heterocycles. The summed E-state index contributed by atoms with van der Waals surface area (Å²) < 4.78 is 10.4. The Hall–Kier alpha value is -2.80. The number of rotatable bonds is 5. The van der Waals surface area contributed by atoms with Crippen LogP contribution in [0.15, 0.2) is 30.3 Å². The number of aryl methyl sites for hydroxylation is 1. The lowest BCUT2D eigenvalue weighted by Gasteiger charge is -2.16. The molecule has 0 radical (unpaired) electrons. The minimum Gasteiger partial charge on any atom is -0.493 e. The molecule has 1 aromatic heterocycles. The van der Waals surface area contributed by atoms with E-state index in [1.165, 1.54) is 27.9 Å². The highest BCUT2D eigenvalue weighted by atomic mass is 32.1. The number of nitrogens with one attached hydrogen (secondary N) is 2. The number of carbonyl (C=O) groups excluding carboxylic acids is 2. The van der Waals surface area contributed by atoms with Gasteiger partial charge in [-0.1, -0.05) is 13.0 Å². The molecule has 148 valence electrons. The van der Waals surface area contributed by atoms with Crippen molar-refractivity contribution in [3.8, 4) is 11.5 Å². The zero-order valence-electron chi connectivity index (χ0n) is 16.2. The van der Waals surface area contributed by atoms with Crippen molar-refractivity contribution < 1.29 is 19.1 Å². The van der Waals surface area contributed by atoms with Gasteiger partial charge < -0.3 is 9.47 Å². The summed E-state index contributed by atoms with van der Waals surface area (Å²) in [6.07, 6.45) is 6.18. The number of benzene rings is 1. The van der Waals surface area contributed by atoms with Crippen molar-refractivity contribution in [2.45, 2.75) is 26.2 Å². The fraction of sp³-hybridized carbons (Fsp3) is 0.333. The van der Waals surface area contributed by atoms with Gasteiger partial charge in [0.1, 0.15) is 0 Å². The smallest absolute Gasteiger partial charge is 0.279 e. The average Bonchev–Trinajstić information content (AvgIpc) is 3.13. The van der Waals surface area contributed by atoms with Crippen molar-refractivity contribution >= 4 is 29.2 Å². The lowest BCUT2D eigenvalue weighted by Crippen LogP contribution is -2.40. The molecule has 3 rings (SSSR count). The second-order valence-electron chi connectivity index (χ2n) is 6.80. The monoisotopic (exact) mass is 400 g/mol. The van der Waals surface area contributed by atoms with Gasteiger partial charge in [0, 0.05) is 11.0 Å². The lowest BCUT2D eigenvalue weighted by atomic mass is 9.90. The van der Waals surface area contributed by atoms with Gasteiger partial charge in [0.25, 0.3) is 11.8 Å². The molecule has 2 N–H and O–H groups in total. The van der Waals surface area contributed by atoms with E-state index in [-0.39, 0.29) is 5.91 Å². The normalized spacial score (nSPS) is 15.8. The number of hydrazine groups is 1. The number of hydrogen-bond donors (Lipinski definition) is 2. The third-order valence-corrected chi connectivity index (χ3v) is 5.92. The Labute approximate surface area is 168 Å². The van der Waals surface area contributed by atoms with Crippen LogP contribution < -0.4 is 20.3 Å². The summed E-state index contributed by atoms with van der Waals surface area (Å²) in [4.78, 5) is 26.2. The highest BCUT2D eigenvalue weighted by Gasteiger charge is 2.20. The molecule has 1 heterocycles. The van der Waals surface area contributed by atoms with Gasteiger partial charge >= 0.3 is 0 Å². The molecule has 1 aliphatic rings. The Bertz CT molecular complexity index is 904. The van der Waals surface area contributed by atoms with Gasteiger partial charge in [-0.2, -0.15) is 0 Å². The maximum absolute atomic E-state index is 12.3. The van der Waals surface area contributed by atoms with E-state index in [1.807, 2.05) is 6.07 Å². The summed E-state index contributed by atoms with van der Waals surface area (Å²) >= 11 is 1.51. The summed E-state index contributed by atoms with van der Waals surface area (Å²) in [5.41, 5.74) is 6.92. The second kappa shape index (κ2) is 8.93. The van der Waals surface area contributed by atoms with E-state index in [1.54, 1.807) is 38.5 Å². The zero-order valence-corrected chi connectivity index (χ0v) is 17.0. The average molecular weight is 401 g/mol. The van der Waals surface area contributed by atoms with Gasteiger partial charge in [-0.15, -0.1) is 11.3 Å². The second-order valence-corrected chi connectivity index (χ2v) is 7.93. The number of ether oxygens (including phenoxy) is 2. The standard InChI is InChI=1S/C21H24N2O4S/c1-13-4-8-18-15(10-13)12-19(28-18)21(25)23-22-20(24)9-6-14-5-7-16(26-2)17(11-14)27-3/h5-7,9,11-13H,4,8,10H2,1-3H3,(H,22,24)(H,23,25). The molecular formula is C21H24N2O4S. The minimum atomic E-state index is -0.418. The van der Waals surface area contributed by atoms with E-state index in [9.17, 15) is 9.59 Å². The van der Waals surface area contributed by atoms with Crippen molar-refractivity contribution in [2.24, 2.45) is 5.92 Å². The van der Waals surface area contributed by atoms with Crippen LogP contribution in [0.3, 0.4) is 0 Å². The molecule has 0 saturated carbocycles. The van der Waals surface area contributed by atoms with E-state index < -0.39 is 5.91 Å². The fourth-order valence-electron chi connectivity index (χ4n) is 3.17. The first kappa shape index (κ1) is 19.9. The summed E-state index contributed by atoms with van der Waals surface area (Å²) in [6, 6.07) is 7.27. The topological polar surface area (TPSA) is 76.7 Å². The van der Waals surface area contributed by atoms with Crippen LogP contribution in [0.2, 0.25) is 0 Å². The maximum atomic E-state index is 12.3. The summed E-state index contributed by atoms with van der Waals surface area (Å²) in [5.74, 6) is 1.14. The summed E-state index contributed by atoms with van der Waals surface area (Å²) in [6.45, 7) is 2.23. The van der Waals surface area contributed by atoms with Crippen molar-refractivity contribution in [2.75, 3.05) is 14.2 Å². The molecule has 0 spiro atoms. The maximum Gasteiger partial charge on any atom is 0.279 e. The molecule has 2 aromatic rings. The Morgan fingerprint density at radius 2 is 1.93 bits per heavy atom. The van der Waals surface area contributed by atoms with E-state index in [0.29, 0.717) is 22.3 Å². The number of amides is 2. The molecule has 2 amide bonds. The molecule has 28 heavy (non-hydrogen) atoms. The molecule has 0 bridgehead atoms. The minimum absolute atomic E-state index is 0.292. The van der Waals surface area contributed by atoms with Gasteiger partial charge in [-0.3, -0.25) is 20.4 Å². The highest BCUT2D eigenvalue weighted by molar-refractivity contribution is 7.14. The number of carbonyl (C=O) groups is 2. The largest absolute Gasteiger partial charge is 0.493 e. The third kappa shape index (κ3) is 4.72. The Kier molecular flexibility index (Phi) is 6.36. The van der Waals surface area contributed by atoms with Gasteiger partial charge in [0.15, 0.2) is 11.5 Å². The summed E-state index contributed by atoms with van der Waals surface area (Å²) in [5, 5.41) is 0. The molecule has 0 fully saturated rings. The number of hydrogen-bond acceptors (Lipinski definition) is 5. The Morgan fingerprint density at radius 1 is 1.14 bits per heavy atom. The zero-order chi connectivity index (χ0) is 20.1. The van der Waals surface area contributed by atoms with Crippen LogP contribution >= 0.6 is 11.3 Å². The molecule has 0 aliphatic heterocycles. The predicted octanol–water partition coefficient (Wildman–Crippen LogP) is 3.36. The quantitative estimate of drug-likeness (QED) is 0.596. The van der Waals surface area contributed by atoms with Crippen LogP contribution in [0, 0.1) is 5.92 Å². The first-order valence-corrected chi connectivity index (χ1v) is 9.93. The molecule has 1 atom stereocenters. The van der Waals surface area contributed by atoms with Crippen molar-refractivity contribution in [1.82, 2.24) is 10.9 Å². The van der Waals surface area contributed by atoms with Crippen LogP contribution in [0.25, 0.3) is 6.08 Å². The summed E-state index contributed by atoms with van der Waals surface area (Å²) in [7, 11) is 3.12. The van der Waals surface area contributed by atoms with Crippen LogP contribution in [0.5, 0.6) is 11.5 Å². The third-order valence-electron chi connectivity index (χ3n) is 4.69. The van der Waals surface area contributed by atoms with E-state index in [2.05, 4.69) is 17.8 Å². The highest BCUT2D eigenvalue weighted by Crippen LogP contribution is 2.32. The van der Waals surface area contributed by atoms with Crippen molar-refractivity contribution in [1.29, 1.82) is 0 Å². The van der Waals surface area contributed by atoms with Gasteiger partial charge in [0.05, 0.1) is 19.1 Å². The predicted molar refractivity (Wildman–Crippen MR) is 110 cm³/mol. The number of methoxy groups -OCH3 is 2. The molecule has 6 nitrogen and oxygen atoms in total. The van der Waals surface area contributed by atoms with Gasteiger partial charge in [-0.25, -0.2) is 0 Å². The van der Waals surface area contributed by atoms with Crippen molar-refractivity contribution in [3.05, 3.63) is 51.2 Å². The van der Waals surface area contributed by atoms with E-state index in [4.69, 9.17) is 9.47 Å². The Morgan fingerprint density at radius 3 is 2.68 bits per heavy atom. The van der Waals surface area contributed by atoms with Crippen LogP contribution in [-0.2, 0) is 17.6 Å². The van der Waals surface area contributed by atoms with Crippen LogP contribution in [0.1, 0.15) is 39.0 Å². The molecular weight excluding hydrogens is 376 g/mol. The van der Waals surface area contributed by atoms with E-state index in [0.717, 1.165) is 24.8 Å². The molecule has 1 unspecified atom stereocenters. The first-order chi connectivity index (χ1) is 13.5. The first-order valence-electron chi connectivity index (χ1n) is 9.12. The Balaban J connectivity index is 1.55. The van der Waals surface area contributed by atoms with Crippen LogP contribution in [-0.4, -0.2) is 26.0 Å². The molecule has 1 aliphatic carbocycles. The van der Waals surface area contributed by atoms with Crippen LogP contribution in [0.4, 0.5) is 0 Å².